The normalized spacial score (nSPS) is 12.1. The summed E-state index contributed by atoms with van der Waals surface area (Å²) in [6, 6.07) is 14.7. The van der Waals surface area contributed by atoms with Crippen molar-refractivity contribution in [1.82, 2.24) is 9.55 Å². The average Bonchev–Trinajstić information content (AvgIpc) is 2.69. The van der Waals surface area contributed by atoms with Crippen LogP contribution in [0.25, 0.3) is 10.9 Å². The molecule has 1 atom stereocenters. The summed E-state index contributed by atoms with van der Waals surface area (Å²) in [6.07, 6.45) is 0.442. The Hall–Kier alpha value is -2.64. The van der Waals surface area contributed by atoms with Crippen LogP contribution in [0.15, 0.2) is 58.5 Å². The number of nitrogens with one attached hydrogen (secondary N) is 1. The lowest BCUT2D eigenvalue weighted by Gasteiger charge is -2.16. The van der Waals surface area contributed by atoms with Crippen LogP contribution in [-0.4, -0.2) is 32.4 Å². The molecule has 0 aliphatic heterocycles. The zero-order valence-electron chi connectivity index (χ0n) is 15.9. The number of aryl methyl sites for hydroxylation is 1. The highest BCUT2D eigenvalue weighted by Crippen LogP contribution is 2.24. The van der Waals surface area contributed by atoms with Gasteiger partial charge in [-0.25, -0.2) is 4.98 Å². The Labute approximate surface area is 167 Å². The molecule has 0 bridgehead atoms. The molecule has 0 aliphatic carbocycles. The first-order chi connectivity index (χ1) is 13.5. The number of aliphatic hydroxyl groups is 1. The standard InChI is InChI=1S/C21H23N3O3S/c1-14-8-10-16(11-9-14)22-19(26)15(2)28-21-23-18-7-4-3-6-17(18)20(27)24(21)12-5-13-25/h3-4,6-11,15,25H,5,12-13H2,1-2H3,(H,22,26)/t15-/m1/s1. The molecule has 3 rings (SSSR count). The SMILES string of the molecule is Cc1ccc(NC(=O)[C@@H](C)Sc2nc3ccccc3c(=O)n2CCCO)cc1. The van der Waals surface area contributed by atoms with Crippen LogP contribution in [0, 0.1) is 6.92 Å². The molecule has 1 heterocycles. The Morgan fingerprint density at radius 3 is 2.64 bits per heavy atom. The van der Waals surface area contributed by atoms with Gasteiger partial charge in [-0.3, -0.25) is 14.2 Å². The van der Waals surface area contributed by atoms with Gasteiger partial charge in [-0.2, -0.15) is 0 Å². The van der Waals surface area contributed by atoms with Gasteiger partial charge in [-0.05, 0) is 44.5 Å². The summed E-state index contributed by atoms with van der Waals surface area (Å²) in [5.74, 6) is -0.162. The monoisotopic (exact) mass is 397 g/mol. The fourth-order valence-corrected chi connectivity index (χ4v) is 3.69. The number of nitrogens with zero attached hydrogens (tertiary/aromatic N) is 2. The number of amides is 1. The third-order valence-electron chi connectivity index (χ3n) is 4.34. The van der Waals surface area contributed by atoms with E-state index in [1.165, 1.54) is 11.8 Å². The number of para-hydroxylation sites is 1. The summed E-state index contributed by atoms with van der Waals surface area (Å²) in [5, 5.41) is 12.6. The minimum atomic E-state index is -0.449. The molecule has 7 heteroatoms. The van der Waals surface area contributed by atoms with E-state index in [1.807, 2.05) is 37.3 Å². The van der Waals surface area contributed by atoms with E-state index in [9.17, 15) is 9.59 Å². The highest BCUT2D eigenvalue weighted by atomic mass is 32.2. The van der Waals surface area contributed by atoms with E-state index in [2.05, 4.69) is 10.3 Å². The van der Waals surface area contributed by atoms with Crippen LogP contribution in [0.2, 0.25) is 0 Å². The van der Waals surface area contributed by atoms with Gasteiger partial charge in [0.1, 0.15) is 0 Å². The Morgan fingerprint density at radius 1 is 1.21 bits per heavy atom. The number of benzene rings is 2. The van der Waals surface area contributed by atoms with Crippen LogP contribution in [0.1, 0.15) is 18.9 Å². The van der Waals surface area contributed by atoms with Gasteiger partial charge in [0, 0.05) is 18.8 Å². The first kappa shape index (κ1) is 20.1. The Kier molecular flexibility index (Phi) is 6.49. The van der Waals surface area contributed by atoms with Crippen LogP contribution >= 0.6 is 11.8 Å². The zero-order valence-corrected chi connectivity index (χ0v) is 16.7. The van der Waals surface area contributed by atoms with Gasteiger partial charge in [-0.1, -0.05) is 41.6 Å². The van der Waals surface area contributed by atoms with Crippen molar-refractivity contribution in [1.29, 1.82) is 0 Å². The summed E-state index contributed by atoms with van der Waals surface area (Å²) >= 11 is 1.24. The molecule has 28 heavy (non-hydrogen) atoms. The number of carbonyl (C=O) groups excluding carboxylic acids is 1. The van der Waals surface area contributed by atoms with E-state index < -0.39 is 5.25 Å². The molecule has 2 aromatic carbocycles. The van der Waals surface area contributed by atoms with Crippen LogP contribution in [-0.2, 0) is 11.3 Å². The van der Waals surface area contributed by atoms with E-state index in [1.54, 1.807) is 29.7 Å². The molecular formula is C21H23N3O3S. The van der Waals surface area contributed by atoms with Gasteiger partial charge in [0.25, 0.3) is 5.56 Å². The van der Waals surface area contributed by atoms with Gasteiger partial charge in [0.2, 0.25) is 5.91 Å². The molecule has 0 unspecified atom stereocenters. The smallest absolute Gasteiger partial charge is 0.262 e. The van der Waals surface area contributed by atoms with Gasteiger partial charge in [0.05, 0.1) is 16.2 Å². The third kappa shape index (κ3) is 4.61. The second-order valence-electron chi connectivity index (χ2n) is 6.56. The molecule has 2 N–H and O–H groups in total. The molecular weight excluding hydrogens is 374 g/mol. The minimum absolute atomic E-state index is 0.0210. The molecule has 0 aliphatic rings. The van der Waals surface area contributed by atoms with Crippen molar-refractivity contribution in [3.8, 4) is 0 Å². The molecule has 3 aromatic rings. The third-order valence-corrected chi connectivity index (χ3v) is 5.43. The molecule has 0 saturated carbocycles. The number of anilines is 1. The molecule has 1 aromatic heterocycles. The van der Waals surface area contributed by atoms with E-state index in [4.69, 9.17) is 5.11 Å². The molecule has 1 amide bonds. The molecule has 146 valence electrons. The molecule has 0 fully saturated rings. The fourth-order valence-electron chi connectivity index (χ4n) is 2.76. The fraction of sp³-hybridized carbons (Fsp3) is 0.286. The number of fused-ring (bicyclic) bond motifs is 1. The molecule has 0 radical (unpaired) electrons. The van der Waals surface area contributed by atoms with E-state index >= 15 is 0 Å². The second-order valence-corrected chi connectivity index (χ2v) is 7.87. The lowest BCUT2D eigenvalue weighted by molar-refractivity contribution is -0.115. The van der Waals surface area contributed by atoms with E-state index in [0.29, 0.717) is 29.0 Å². The van der Waals surface area contributed by atoms with Gasteiger partial charge < -0.3 is 10.4 Å². The average molecular weight is 398 g/mol. The van der Waals surface area contributed by atoms with Crippen molar-refractivity contribution in [3.63, 3.8) is 0 Å². The first-order valence-electron chi connectivity index (χ1n) is 9.14. The quantitative estimate of drug-likeness (QED) is 0.472. The largest absolute Gasteiger partial charge is 0.396 e. The minimum Gasteiger partial charge on any atom is -0.396 e. The van der Waals surface area contributed by atoms with Crippen molar-refractivity contribution >= 4 is 34.3 Å². The Bertz CT molecular complexity index is 1030. The molecule has 0 spiro atoms. The van der Waals surface area contributed by atoms with Crippen molar-refractivity contribution in [2.75, 3.05) is 11.9 Å². The maximum absolute atomic E-state index is 12.9. The second kappa shape index (κ2) is 9.03. The maximum atomic E-state index is 12.9. The number of aromatic nitrogens is 2. The summed E-state index contributed by atoms with van der Waals surface area (Å²) < 4.78 is 1.54. The predicted molar refractivity (Wildman–Crippen MR) is 113 cm³/mol. The molecule has 6 nitrogen and oxygen atoms in total. The summed E-state index contributed by atoms with van der Waals surface area (Å²) in [4.78, 5) is 30.0. The van der Waals surface area contributed by atoms with Crippen LogP contribution in [0.5, 0.6) is 0 Å². The number of rotatable bonds is 7. The summed E-state index contributed by atoms with van der Waals surface area (Å²) in [5.41, 5.74) is 2.29. The van der Waals surface area contributed by atoms with Crippen molar-refractivity contribution in [2.45, 2.75) is 37.2 Å². The van der Waals surface area contributed by atoms with E-state index in [0.717, 1.165) is 11.3 Å². The predicted octanol–water partition coefficient (Wildman–Crippen LogP) is 3.21. The first-order valence-corrected chi connectivity index (χ1v) is 10.0. The van der Waals surface area contributed by atoms with Crippen molar-refractivity contribution < 1.29 is 9.90 Å². The number of hydrogen-bond donors (Lipinski definition) is 2. The van der Waals surface area contributed by atoms with E-state index in [-0.39, 0.29) is 18.1 Å². The number of carbonyl (C=O) groups is 1. The lowest BCUT2D eigenvalue weighted by Crippen LogP contribution is -2.27. The zero-order chi connectivity index (χ0) is 20.1. The number of aliphatic hydroxyl groups excluding tert-OH is 1. The maximum Gasteiger partial charge on any atom is 0.262 e. The highest BCUT2D eigenvalue weighted by molar-refractivity contribution is 8.00. The van der Waals surface area contributed by atoms with Crippen LogP contribution in [0.3, 0.4) is 0 Å². The van der Waals surface area contributed by atoms with Gasteiger partial charge in [-0.15, -0.1) is 0 Å². The van der Waals surface area contributed by atoms with Crippen molar-refractivity contribution in [3.05, 3.63) is 64.4 Å². The number of thioether (sulfide) groups is 1. The van der Waals surface area contributed by atoms with Gasteiger partial charge >= 0.3 is 0 Å². The van der Waals surface area contributed by atoms with Gasteiger partial charge in [0.15, 0.2) is 5.16 Å². The van der Waals surface area contributed by atoms with Crippen LogP contribution in [0.4, 0.5) is 5.69 Å². The molecule has 0 saturated heterocycles. The topological polar surface area (TPSA) is 84.2 Å². The Balaban J connectivity index is 1.86. The van der Waals surface area contributed by atoms with Crippen LogP contribution < -0.4 is 10.9 Å². The number of hydrogen-bond acceptors (Lipinski definition) is 5. The van der Waals surface area contributed by atoms with Crippen molar-refractivity contribution in [2.24, 2.45) is 0 Å². The highest BCUT2D eigenvalue weighted by Gasteiger charge is 2.19. The summed E-state index contributed by atoms with van der Waals surface area (Å²) in [7, 11) is 0. The Morgan fingerprint density at radius 2 is 1.93 bits per heavy atom. The lowest BCUT2D eigenvalue weighted by atomic mass is 10.2. The summed E-state index contributed by atoms with van der Waals surface area (Å²) in [6.45, 7) is 4.10.